The van der Waals surface area contributed by atoms with E-state index < -0.39 is 28.6 Å². The highest BCUT2D eigenvalue weighted by atomic mass is 16.6. The van der Waals surface area contributed by atoms with Gasteiger partial charge in [-0.2, -0.15) is 0 Å². The quantitative estimate of drug-likeness (QED) is 0.338. The van der Waals surface area contributed by atoms with E-state index in [1.54, 1.807) is 41.5 Å². The molecule has 0 heterocycles. The van der Waals surface area contributed by atoms with Crippen molar-refractivity contribution in [1.82, 2.24) is 0 Å². The van der Waals surface area contributed by atoms with Crippen molar-refractivity contribution in [2.75, 3.05) is 0 Å². The molecular weight excluding hydrogens is 268 g/mol. The van der Waals surface area contributed by atoms with E-state index in [1.807, 2.05) is 0 Å². The van der Waals surface area contributed by atoms with Crippen molar-refractivity contribution in [3.8, 4) is 12.3 Å². The fourth-order valence-electron chi connectivity index (χ4n) is 1.64. The Morgan fingerprint density at radius 1 is 1.05 bits per heavy atom. The van der Waals surface area contributed by atoms with E-state index in [1.165, 1.54) is 6.08 Å². The molecule has 0 N–H and O–H groups in total. The Kier molecular flexibility index (Phi) is 6.23. The molecule has 0 spiro atoms. The first-order valence-electron chi connectivity index (χ1n) is 6.89. The summed E-state index contributed by atoms with van der Waals surface area (Å²) in [6, 6.07) is 0. The molecule has 0 aliphatic heterocycles. The van der Waals surface area contributed by atoms with Crippen LogP contribution in [0, 0.1) is 17.8 Å². The summed E-state index contributed by atoms with van der Waals surface area (Å²) in [6.45, 7) is 14.0. The second kappa shape index (κ2) is 6.80. The van der Waals surface area contributed by atoms with E-state index in [0.717, 1.165) is 0 Å². The minimum Gasteiger partial charge on any atom is -0.459 e. The molecule has 0 radical (unpaired) electrons. The van der Waals surface area contributed by atoms with Crippen molar-refractivity contribution in [3.63, 3.8) is 0 Å². The van der Waals surface area contributed by atoms with E-state index in [-0.39, 0.29) is 12.8 Å². The first-order valence-corrected chi connectivity index (χ1v) is 6.89. The summed E-state index contributed by atoms with van der Waals surface area (Å²) >= 11 is 0. The summed E-state index contributed by atoms with van der Waals surface area (Å²) in [5, 5.41) is 0. The molecule has 0 atom stereocenters. The highest BCUT2D eigenvalue weighted by Crippen LogP contribution is 2.34. The van der Waals surface area contributed by atoms with E-state index in [4.69, 9.17) is 15.9 Å². The van der Waals surface area contributed by atoms with Gasteiger partial charge in [-0.1, -0.05) is 6.08 Å². The zero-order valence-electron chi connectivity index (χ0n) is 13.9. The highest BCUT2D eigenvalue weighted by molar-refractivity contribution is 6.01. The molecule has 21 heavy (non-hydrogen) atoms. The number of hydrogen-bond acceptors (Lipinski definition) is 4. The average molecular weight is 294 g/mol. The maximum absolute atomic E-state index is 12.5. The van der Waals surface area contributed by atoms with Gasteiger partial charge < -0.3 is 9.47 Å². The molecule has 0 amide bonds. The molecule has 0 aliphatic rings. The number of terminal acetylenes is 1. The number of allylic oxidation sites excluding steroid dienone is 1. The Bertz CT molecular complexity index is 413. The molecule has 4 nitrogen and oxygen atoms in total. The van der Waals surface area contributed by atoms with Crippen molar-refractivity contribution in [1.29, 1.82) is 0 Å². The van der Waals surface area contributed by atoms with Crippen LogP contribution in [-0.2, 0) is 19.1 Å². The number of ether oxygens (including phenoxy) is 2. The van der Waals surface area contributed by atoms with Gasteiger partial charge in [0.2, 0.25) is 0 Å². The standard InChI is InChI=1S/C17H26O4/c1-9-11-17(12-10-2,13(18)20-15(3,4)5)14(19)21-16(6,7)8/h1,10H,2,11-12H2,3-8H3. The summed E-state index contributed by atoms with van der Waals surface area (Å²) in [6.07, 6.45) is 6.80. The third kappa shape index (κ3) is 6.03. The molecular formula is C17H26O4. The lowest BCUT2D eigenvalue weighted by atomic mass is 9.81. The first kappa shape index (κ1) is 19.2. The van der Waals surface area contributed by atoms with E-state index in [2.05, 4.69) is 12.5 Å². The zero-order chi connectivity index (χ0) is 16.9. The molecule has 0 aromatic heterocycles. The maximum atomic E-state index is 12.5. The van der Waals surface area contributed by atoms with Crippen LogP contribution in [0.25, 0.3) is 0 Å². The van der Waals surface area contributed by atoms with Crippen LogP contribution in [0.1, 0.15) is 54.4 Å². The van der Waals surface area contributed by atoms with Crippen molar-refractivity contribution in [3.05, 3.63) is 12.7 Å². The van der Waals surface area contributed by atoms with Crippen molar-refractivity contribution in [2.24, 2.45) is 5.41 Å². The van der Waals surface area contributed by atoms with Gasteiger partial charge in [0.15, 0.2) is 5.41 Å². The Hall–Kier alpha value is -1.76. The lowest BCUT2D eigenvalue weighted by molar-refractivity contribution is -0.184. The molecule has 0 aromatic carbocycles. The van der Waals surface area contributed by atoms with Crippen molar-refractivity contribution < 1.29 is 19.1 Å². The van der Waals surface area contributed by atoms with E-state index in [0.29, 0.717) is 0 Å². The number of carbonyl (C=O) groups excluding carboxylic acids is 2. The first-order chi connectivity index (χ1) is 9.38. The van der Waals surface area contributed by atoms with Crippen LogP contribution < -0.4 is 0 Å². The molecule has 0 bridgehead atoms. The highest BCUT2D eigenvalue weighted by Gasteiger charge is 2.49. The molecule has 4 heteroatoms. The van der Waals surface area contributed by atoms with Crippen LogP contribution in [0.2, 0.25) is 0 Å². The normalized spacial score (nSPS) is 12.2. The Morgan fingerprint density at radius 3 is 1.67 bits per heavy atom. The molecule has 0 saturated carbocycles. The van der Waals surface area contributed by atoms with Gasteiger partial charge in [-0.15, -0.1) is 18.9 Å². The van der Waals surface area contributed by atoms with Crippen LogP contribution in [0.15, 0.2) is 12.7 Å². The number of esters is 2. The largest absolute Gasteiger partial charge is 0.459 e. The second-order valence-corrected chi connectivity index (χ2v) is 6.96. The van der Waals surface area contributed by atoms with Gasteiger partial charge in [-0.3, -0.25) is 9.59 Å². The minimum absolute atomic E-state index is 0.0705. The summed E-state index contributed by atoms with van der Waals surface area (Å²) in [4.78, 5) is 25.0. The summed E-state index contributed by atoms with van der Waals surface area (Å²) in [5.41, 5.74) is -2.99. The van der Waals surface area contributed by atoms with Gasteiger partial charge in [0.25, 0.3) is 0 Å². The van der Waals surface area contributed by atoms with Crippen LogP contribution in [0.4, 0.5) is 0 Å². The third-order valence-corrected chi connectivity index (χ3v) is 2.48. The van der Waals surface area contributed by atoms with Gasteiger partial charge in [-0.25, -0.2) is 0 Å². The molecule has 0 rings (SSSR count). The second-order valence-electron chi connectivity index (χ2n) is 6.96. The summed E-state index contributed by atoms with van der Waals surface area (Å²) in [5.74, 6) is 1.02. The minimum atomic E-state index is -1.54. The predicted octanol–water partition coefficient (Wildman–Crippen LogP) is 3.26. The van der Waals surface area contributed by atoms with Gasteiger partial charge in [-0.05, 0) is 48.0 Å². The Morgan fingerprint density at radius 2 is 1.43 bits per heavy atom. The van der Waals surface area contributed by atoms with Crippen LogP contribution >= 0.6 is 0 Å². The maximum Gasteiger partial charge on any atom is 0.325 e. The Labute approximate surface area is 127 Å². The molecule has 0 saturated heterocycles. The number of rotatable bonds is 5. The Balaban J connectivity index is 5.64. The zero-order valence-corrected chi connectivity index (χ0v) is 13.9. The topological polar surface area (TPSA) is 52.6 Å². The molecule has 0 unspecified atom stereocenters. The number of hydrogen-bond donors (Lipinski definition) is 0. The van der Waals surface area contributed by atoms with Crippen LogP contribution in [-0.4, -0.2) is 23.1 Å². The van der Waals surface area contributed by atoms with E-state index >= 15 is 0 Å². The van der Waals surface area contributed by atoms with Gasteiger partial charge in [0, 0.05) is 6.42 Å². The predicted molar refractivity (Wildman–Crippen MR) is 82.4 cm³/mol. The molecule has 118 valence electrons. The molecule has 0 aliphatic carbocycles. The van der Waals surface area contributed by atoms with E-state index in [9.17, 15) is 9.59 Å². The fraction of sp³-hybridized carbons (Fsp3) is 0.647. The van der Waals surface area contributed by atoms with Gasteiger partial charge in [0.05, 0.1) is 0 Å². The van der Waals surface area contributed by atoms with Crippen LogP contribution in [0.3, 0.4) is 0 Å². The lowest BCUT2D eigenvalue weighted by Crippen LogP contribution is -2.46. The third-order valence-electron chi connectivity index (χ3n) is 2.48. The smallest absolute Gasteiger partial charge is 0.325 e. The SMILES string of the molecule is C#CCC(CC=C)(C(=O)OC(C)(C)C)C(=O)OC(C)(C)C. The number of carbonyl (C=O) groups is 2. The molecule has 0 aromatic rings. The van der Waals surface area contributed by atoms with Gasteiger partial charge in [0.1, 0.15) is 11.2 Å². The molecule has 0 fully saturated rings. The monoisotopic (exact) mass is 294 g/mol. The lowest BCUT2D eigenvalue weighted by Gasteiger charge is -2.33. The van der Waals surface area contributed by atoms with Crippen molar-refractivity contribution in [2.45, 2.75) is 65.6 Å². The van der Waals surface area contributed by atoms with Crippen LogP contribution in [0.5, 0.6) is 0 Å². The van der Waals surface area contributed by atoms with Crippen molar-refractivity contribution >= 4 is 11.9 Å². The fourth-order valence-corrected chi connectivity index (χ4v) is 1.64. The summed E-state index contributed by atoms with van der Waals surface area (Å²) < 4.78 is 10.7. The van der Waals surface area contributed by atoms with Gasteiger partial charge >= 0.3 is 11.9 Å². The average Bonchev–Trinajstić information content (AvgIpc) is 2.23. The summed E-state index contributed by atoms with van der Waals surface area (Å²) in [7, 11) is 0.